The number of fused-ring (bicyclic) bond motifs is 4. The van der Waals surface area contributed by atoms with E-state index >= 15 is 0 Å². The van der Waals surface area contributed by atoms with E-state index in [4.69, 9.17) is 5.73 Å². The highest BCUT2D eigenvalue weighted by Gasteiger charge is 2.40. The van der Waals surface area contributed by atoms with E-state index in [0.29, 0.717) is 11.6 Å². The van der Waals surface area contributed by atoms with Crippen molar-refractivity contribution in [1.82, 2.24) is 9.88 Å². The van der Waals surface area contributed by atoms with Crippen molar-refractivity contribution >= 4 is 15.7 Å². The summed E-state index contributed by atoms with van der Waals surface area (Å²) in [5.41, 5.74) is 10.1. The average molecular weight is 368 g/mol. The van der Waals surface area contributed by atoms with Gasteiger partial charge in [-0.2, -0.15) is 5.26 Å². The number of hydrogen-bond donors (Lipinski definition) is 1. The molecule has 6 nitrogen and oxygen atoms in total. The molecular formula is C19H20N4O2S. The van der Waals surface area contributed by atoms with Gasteiger partial charge in [0, 0.05) is 41.6 Å². The molecule has 0 radical (unpaired) electrons. The molecule has 1 fully saturated rings. The average Bonchev–Trinajstić information content (AvgIpc) is 2.83. The minimum absolute atomic E-state index is 0.216. The van der Waals surface area contributed by atoms with Crippen LogP contribution in [0.15, 0.2) is 29.2 Å². The lowest BCUT2D eigenvalue weighted by Gasteiger charge is -2.34. The minimum atomic E-state index is -3.27. The molecule has 1 aromatic heterocycles. The first-order valence-corrected chi connectivity index (χ1v) is 10.4. The fourth-order valence-electron chi connectivity index (χ4n) is 4.29. The van der Waals surface area contributed by atoms with Crippen molar-refractivity contribution in [1.29, 1.82) is 5.26 Å². The number of benzene rings is 1. The van der Waals surface area contributed by atoms with Crippen molar-refractivity contribution < 1.29 is 8.42 Å². The van der Waals surface area contributed by atoms with Gasteiger partial charge in [-0.15, -0.1) is 0 Å². The van der Waals surface area contributed by atoms with Gasteiger partial charge in [0.2, 0.25) is 0 Å². The molecule has 4 rings (SSSR count). The quantitative estimate of drug-likeness (QED) is 0.873. The fraction of sp³-hybridized carbons (Fsp3) is 0.368. The molecule has 2 aliphatic rings. The maximum atomic E-state index is 11.7. The van der Waals surface area contributed by atoms with E-state index < -0.39 is 9.84 Å². The third-order valence-corrected chi connectivity index (χ3v) is 6.76. The number of nitrogens with two attached hydrogens (primary N) is 1. The number of anilines is 1. The Kier molecular flexibility index (Phi) is 3.79. The predicted octanol–water partition coefficient (Wildman–Crippen LogP) is 2.30. The number of nitrogens with zero attached hydrogens (tertiary/aromatic N) is 3. The summed E-state index contributed by atoms with van der Waals surface area (Å²) in [4.78, 5) is 7.15. The van der Waals surface area contributed by atoms with Gasteiger partial charge in [0.05, 0.1) is 4.90 Å². The SMILES string of the molecule is CN1[C@H]2CC[C@@H]1c1c(nc(N)c(C#N)c1-c1ccc(S(C)(=O)=O)cc1)C2. The smallest absolute Gasteiger partial charge is 0.175 e. The number of pyridine rings is 1. The third kappa shape index (κ3) is 2.49. The molecule has 1 saturated heterocycles. The molecule has 2 atom stereocenters. The number of rotatable bonds is 2. The van der Waals surface area contributed by atoms with E-state index in [9.17, 15) is 13.7 Å². The second kappa shape index (κ2) is 5.79. The summed E-state index contributed by atoms with van der Waals surface area (Å²) in [7, 11) is -1.16. The second-order valence-electron chi connectivity index (χ2n) is 7.13. The van der Waals surface area contributed by atoms with Gasteiger partial charge in [0.15, 0.2) is 9.84 Å². The Bertz CT molecular complexity index is 1040. The van der Waals surface area contributed by atoms with Gasteiger partial charge in [-0.05, 0) is 37.6 Å². The Morgan fingerprint density at radius 1 is 1.27 bits per heavy atom. The molecular weight excluding hydrogens is 348 g/mol. The molecule has 2 N–H and O–H groups in total. The van der Waals surface area contributed by atoms with Crippen LogP contribution in [0.5, 0.6) is 0 Å². The summed E-state index contributed by atoms with van der Waals surface area (Å²) < 4.78 is 23.5. The van der Waals surface area contributed by atoms with Gasteiger partial charge >= 0.3 is 0 Å². The molecule has 7 heteroatoms. The monoisotopic (exact) mass is 368 g/mol. The van der Waals surface area contributed by atoms with Crippen LogP contribution in [0.2, 0.25) is 0 Å². The Morgan fingerprint density at radius 2 is 1.96 bits per heavy atom. The van der Waals surface area contributed by atoms with Crippen LogP contribution in [0.1, 0.15) is 35.7 Å². The molecule has 0 saturated carbocycles. The lowest BCUT2D eigenvalue weighted by Crippen LogP contribution is -2.35. The summed E-state index contributed by atoms with van der Waals surface area (Å²) in [6.07, 6.45) is 4.14. The molecule has 2 aliphatic heterocycles. The lowest BCUT2D eigenvalue weighted by molar-refractivity contribution is 0.222. The first-order valence-electron chi connectivity index (χ1n) is 8.56. The summed E-state index contributed by atoms with van der Waals surface area (Å²) >= 11 is 0. The van der Waals surface area contributed by atoms with Crippen LogP contribution in [-0.2, 0) is 16.3 Å². The van der Waals surface area contributed by atoms with E-state index in [1.807, 2.05) is 0 Å². The highest BCUT2D eigenvalue weighted by molar-refractivity contribution is 7.90. The van der Waals surface area contributed by atoms with Crippen LogP contribution < -0.4 is 5.73 Å². The number of aromatic nitrogens is 1. The van der Waals surface area contributed by atoms with Crippen LogP contribution in [0.3, 0.4) is 0 Å². The zero-order chi connectivity index (χ0) is 18.6. The number of sulfone groups is 1. The largest absolute Gasteiger partial charge is 0.383 e. The number of hydrogen-bond acceptors (Lipinski definition) is 6. The summed E-state index contributed by atoms with van der Waals surface area (Å²) in [6.45, 7) is 0. The minimum Gasteiger partial charge on any atom is -0.383 e. The van der Waals surface area contributed by atoms with E-state index in [1.165, 1.54) is 6.26 Å². The maximum absolute atomic E-state index is 11.7. The van der Waals surface area contributed by atoms with Gasteiger partial charge in [0.1, 0.15) is 17.5 Å². The van der Waals surface area contributed by atoms with Gasteiger partial charge in [-0.3, -0.25) is 4.90 Å². The van der Waals surface area contributed by atoms with Gasteiger partial charge < -0.3 is 5.73 Å². The highest BCUT2D eigenvalue weighted by Crippen LogP contribution is 2.47. The van der Waals surface area contributed by atoms with Crippen LogP contribution in [-0.4, -0.2) is 37.6 Å². The Balaban J connectivity index is 1.97. The molecule has 134 valence electrons. The molecule has 2 bridgehead atoms. The Morgan fingerprint density at radius 3 is 2.58 bits per heavy atom. The number of likely N-dealkylation sites (N-methyl/N-ethyl adjacent to an activating group) is 1. The molecule has 0 amide bonds. The van der Waals surface area contributed by atoms with E-state index in [-0.39, 0.29) is 16.8 Å². The normalized spacial score (nSPS) is 22.0. The van der Waals surface area contributed by atoms with Crippen molar-refractivity contribution in [2.75, 3.05) is 19.0 Å². The topological polar surface area (TPSA) is 100 Å². The molecule has 3 heterocycles. The van der Waals surface area contributed by atoms with Gasteiger partial charge in [-0.1, -0.05) is 12.1 Å². The Labute approximate surface area is 153 Å². The molecule has 0 aliphatic carbocycles. The zero-order valence-electron chi connectivity index (χ0n) is 14.7. The molecule has 1 aromatic carbocycles. The van der Waals surface area contributed by atoms with Crippen LogP contribution in [0.4, 0.5) is 5.82 Å². The molecule has 26 heavy (non-hydrogen) atoms. The van der Waals surface area contributed by atoms with Crippen molar-refractivity contribution in [3.63, 3.8) is 0 Å². The van der Waals surface area contributed by atoms with Crippen molar-refractivity contribution in [2.24, 2.45) is 0 Å². The third-order valence-electron chi connectivity index (χ3n) is 5.63. The molecule has 0 spiro atoms. The lowest BCUT2D eigenvalue weighted by atomic mass is 9.87. The maximum Gasteiger partial charge on any atom is 0.175 e. The number of nitrogen functional groups attached to an aromatic ring is 1. The van der Waals surface area contributed by atoms with E-state index in [0.717, 1.165) is 41.6 Å². The van der Waals surface area contributed by atoms with Crippen molar-refractivity contribution in [3.05, 3.63) is 41.1 Å². The van der Waals surface area contributed by atoms with Crippen LogP contribution >= 0.6 is 0 Å². The van der Waals surface area contributed by atoms with E-state index in [2.05, 4.69) is 23.0 Å². The Hall–Kier alpha value is -2.43. The molecule has 0 unspecified atom stereocenters. The fourth-order valence-corrected chi connectivity index (χ4v) is 4.92. The van der Waals surface area contributed by atoms with Crippen LogP contribution in [0, 0.1) is 11.3 Å². The predicted molar refractivity (Wildman–Crippen MR) is 99.1 cm³/mol. The first kappa shape index (κ1) is 17.0. The zero-order valence-corrected chi connectivity index (χ0v) is 15.5. The first-order chi connectivity index (χ1) is 12.3. The summed E-state index contributed by atoms with van der Waals surface area (Å²) in [6, 6.07) is 9.57. The molecule has 2 aromatic rings. The van der Waals surface area contributed by atoms with E-state index in [1.54, 1.807) is 24.3 Å². The number of nitriles is 1. The van der Waals surface area contributed by atoms with Crippen molar-refractivity contribution in [2.45, 2.75) is 36.2 Å². The van der Waals surface area contributed by atoms with Crippen molar-refractivity contribution in [3.8, 4) is 17.2 Å². The summed E-state index contributed by atoms with van der Waals surface area (Å²) in [5.74, 6) is 0.248. The standard InChI is InChI=1S/C19H20N4O2S/c1-23-12-5-8-16(23)18-15(9-12)22-19(21)14(10-20)17(18)11-3-6-13(7-4-11)26(2,24)25/h3-4,6-7,12,16H,5,8-9H2,1-2H3,(H2,21,22)/t12-,16+/m0/s1. The highest BCUT2D eigenvalue weighted by atomic mass is 32.2. The second-order valence-corrected chi connectivity index (χ2v) is 9.15. The van der Waals surface area contributed by atoms with Gasteiger partial charge in [-0.25, -0.2) is 13.4 Å². The van der Waals surface area contributed by atoms with Crippen LogP contribution in [0.25, 0.3) is 11.1 Å². The van der Waals surface area contributed by atoms with Gasteiger partial charge in [0.25, 0.3) is 0 Å². The summed E-state index contributed by atoms with van der Waals surface area (Å²) in [5, 5.41) is 9.70.